The molecular weight excluding hydrogens is 384 g/mol. The number of amides is 2. The molecule has 2 atom stereocenters. The predicted molar refractivity (Wildman–Crippen MR) is 112 cm³/mol. The van der Waals surface area contributed by atoms with E-state index in [1.165, 1.54) is 6.92 Å². The van der Waals surface area contributed by atoms with Gasteiger partial charge >= 0.3 is 12.1 Å². The standard InChI is InChI=1S/C23H26N2O5/c1-14(11-12-21(26)25-15(2)22(27)28)24-23(29)30-13-20-18-9-5-3-7-16(18)17-8-4-6-10-19(17)20/h3-10,14-15,20H,11-13H2,1-2H3,(H,24,29)(H,25,26)(H,27,28)/t14?,15-/m0/s1. The monoisotopic (exact) mass is 410 g/mol. The third kappa shape index (κ3) is 4.97. The van der Waals surface area contributed by atoms with Crippen molar-refractivity contribution in [3.05, 3.63) is 59.7 Å². The topological polar surface area (TPSA) is 105 Å². The van der Waals surface area contributed by atoms with Crippen LogP contribution in [0.1, 0.15) is 43.7 Å². The van der Waals surface area contributed by atoms with Crippen molar-refractivity contribution in [1.82, 2.24) is 10.6 Å². The van der Waals surface area contributed by atoms with Gasteiger partial charge in [0.1, 0.15) is 12.6 Å². The molecule has 1 aliphatic carbocycles. The molecule has 0 bridgehead atoms. The number of carboxylic acids is 1. The van der Waals surface area contributed by atoms with E-state index in [1.54, 1.807) is 6.92 Å². The van der Waals surface area contributed by atoms with Crippen LogP contribution in [-0.4, -0.2) is 41.8 Å². The highest BCUT2D eigenvalue weighted by atomic mass is 16.5. The fraction of sp³-hybridized carbons (Fsp3) is 0.348. The molecule has 2 aromatic carbocycles. The molecule has 0 fully saturated rings. The first-order valence-electron chi connectivity index (χ1n) is 10.0. The highest BCUT2D eigenvalue weighted by Crippen LogP contribution is 2.44. The lowest BCUT2D eigenvalue weighted by Crippen LogP contribution is -2.39. The molecule has 0 saturated heterocycles. The molecule has 30 heavy (non-hydrogen) atoms. The highest BCUT2D eigenvalue weighted by Gasteiger charge is 2.29. The predicted octanol–water partition coefficient (Wildman–Crippen LogP) is 3.28. The van der Waals surface area contributed by atoms with Crippen LogP contribution in [0.4, 0.5) is 4.79 Å². The number of aliphatic carboxylic acids is 1. The number of carboxylic acid groups (broad SMARTS) is 1. The Balaban J connectivity index is 1.49. The average molecular weight is 410 g/mol. The lowest BCUT2D eigenvalue weighted by Gasteiger charge is -2.17. The molecule has 0 aliphatic heterocycles. The third-order valence-electron chi connectivity index (χ3n) is 5.26. The van der Waals surface area contributed by atoms with Crippen LogP contribution in [-0.2, 0) is 14.3 Å². The summed E-state index contributed by atoms with van der Waals surface area (Å²) in [6.07, 6.45) is -0.0474. The van der Waals surface area contributed by atoms with E-state index in [0.717, 1.165) is 22.3 Å². The van der Waals surface area contributed by atoms with E-state index >= 15 is 0 Å². The van der Waals surface area contributed by atoms with E-state index in [9.17, 15) is 14.4 Å². The summed E-state index contributed by atoms with van der Waals surface area (Å²) in [4.78, 5) is 34.8. The van der Waals surface area contributed by atoms with Crippen LogP contribution >= 0.6 is 0 Å². The van der Waals surface area contributed by atoms with E-state index in [4.69, 9.17) is 9.84 Å². The summed E-state index contributed by atoms with van der Waals surface area (Å²) in [6, 6.07) is 15.0. The molecule has 2 amide bonds. The summed E-state index contributed by atoms with van der Waals surface area (Å²) in [5.74, 6) is -1.47. The minimum atomic E-state index is -1.09. The number of alkyl carbamates (subject to hydrolysis) is 1. The first kappa shape index (κ1) is 21.4. The van der Waals surface area contributed by atoms with Gasteiger partial charge in [0.2, 0.25) is 5.91 Å². The Morgan fingerprint density at radius 1 is 0.967 bits per heavy atom. The summed E-state index contributed by atoms with van der Waals surface area (Å²) in [5.41, 5.74) is 4.61. The van der Waals surface area contributed by atoms with E-state index in [1.807, 2.05) is 24.3 Å². The van der Waals surface area contributed by atoms with Crippen LogP contribution in [0, 0.1) is 0 Å². The first-order valence-corrected chi connectivity index (χ1v) is 10.0. The average Bonchev–Trinajstić information content (AvgIpc) is 3.04. The number of ether oxygens (including phenoxy) is 1. The lowest BCUT2D eigenvalue weighted by atomic mass is 9.98. The first-order chi connectivity index (χ1) is 14.4. The van der Waals surface area contributed by atoms with E-state index in [2.05, 4.69) is 34.9 Å². The maximum Gasteiger partial charge on any atom is 0.407 e. The van der Waals surface area contributed by atoms with Gasteiger partial charge in [-0.3, -0.25) is 9.59 Å². The number of nitrogens with one attached hydrogen (secondary N) is 2. The number of benzene rings is 2. The summed E-state index contributed by atoms with van der Waals surface area (Å²) in [6.45, 7) is 3.40. The SMILES string of the molecule is CC(CCC(=O)N[C@@H](C)C(=O)O)NC(=O)OCC1c2ccccc2-c2ccccc21. The van der Waals surface area contributed by atoms with Crippen molar-refractivity contribution in [2.75, 3.05) is 6.61 Å². The van der Waals surface area contributed by atoms with Gasteiger partial charge < -0.3 is 20.5 Å². The Kier molecular flexibility index (Phi) is 6.72. The number of carbonyl (C=O) groups is 3. The molecule has 3 rings (SSSR count). The second-order valence-electron chi connectivity index (χ2n) is 7.54. The molecule has 1 aliphatic rings. The van der Waals surface area contributed by atoms with Gasteiger partial charge in [-0.15, -0.1) is 0 Å². The molecule has 3 N–H and O–H groups in total. The third-order valence-corrected chi connectivity index (χ3v) is 5.26. The quantitative estimate of drug-likeness (QED) is 0.619. The van der Waals surface area contributed by atoms with Crippen molar-refractivity contribution in [1.29, 1.82) is 0 Å². The molecular formula is C23H26N2O5. The Bertz CT molecular complexity index is 897. The maximum atomic E-state index is 12.2. The zero-order valence-corrected chi connectivity index (χ0v) is 17.1. The molecule has 0 heterocycles. The van der Waals surface area contributed by atoms with Crippen molar-refractivity contribution in [2.24, 2.45) is 0 Å². The molecule has 0 saturated carbocycles. The fourth-order valence-electron chi connectivity index (χ4n) is 3.64. The second kappa shape index (κ2) is 9.43. The molecule has 2 aromatic rings. The molecule has 0 spiro atoms. The van der Waals surface area contributed by atoms with Crippen molar-refractivity contribution >= 4 is 18.0 Å². The van der Waals surface area contributed by atoms with Crippen LogP contribution in [0.15, 0.2) is 48.5 Å². The number of hydrogen-bond donors (Lipinski definition) is 3. The number of hydrogen-bond acceptors (Lipinski definition) is 4. The van der Waals surface area contributed by atoms with Crippen LogP contribution in [0.25, 0.3) is 11.1 Å². The largest absolute Gasteiger partial charge is 0.480 e. The maximum absolute atomic E-state index is 12.2. The van der Waals surface area contributed by atoms with E-state index in [0.29, 0.717) is 6.42 Å². The Labute approximate surface area is 175 Å². The zero-order chi connectivity index (χ0) is 21.7. The summed E-state index contributed by atoms with van der Waals surface area (Å²) < 4.78 is 5.48. The van der Waals surface area contributed by atoms with Crippen LogP contribution in [0.5, 0.6) is 0 Å². The number of rotatable bonds is 8. The van der Waals surface area contributed by atoms with Gasteiger partial charge in [-0.05, 0) is 42.5 Å². The van der Waals surface area contributed by atoms with Gasteiger partial charge in [0.25, 0.3) is 0 Å². The van der Waals surface area contributed by atoms with Gasteiger partial charge in [0.05, 0.1) is 0 Å². The summed E-state index contributed by atoms with van der Waals surface area (Å²) >= 11 is 0. The Morgan fingerprint density at radius 3 is 2.10 bits per heavy atom. The Morgan fingerprint density at radius 2 is 1.53 bits per heavy atom. The normalized spacial score (nSPS) is 14.2. The van der Waals surface area contributed by atoms with Crippen LogP contribution in [0.3, 0.4) is 0 Å². The minimum absolute atomic E-state index is 0.0123. The summed E-state index contributed by atoms with van der Waals surface area (Å²) in [5, 5.41) is 13.9. The van der Waals surface area contributed by atoms with Gasteiger partial charge in [-0.25, -0.2) is 4.79 Å². The Hall–Kier alpha value is -3.35. The van der Waals surface area contributed by atoms with Gasteiger partial charge in [0.15, 0.2) is 0 Å². The molecule has 7 heteroatoms. The van der Waals surface area contributed by atoms with Gasteiger partial charge in [-0.2, -0.15) is 0 Å². The zero-order valence-electron chi connectivity index (χ0n) is 17.1. The molecule has 0 aromatic heterocycles. The molecule has 158 valence electrons. The summed E-state index contributed by atoms with van der Waals surface area (Å²) in [7, 11) is 0. The number of fused-ring (bicyclic) bond motifs is 3. The van der Waals surface area contributed by atoms with Crippen LogP contribution < -0.4 is 10.6 Å². The molecule has 1 unspecified atom stereocenters. The second-order valence-corrected chi connectivity index (χ2v) is 7.54. The lowest BCUT2D eigenvalue weighted by molar-refractivity contribution is -0.141. The molecule has 7 nitrogen and oxygen atoms in total. The van der Waals surface area contributed by atoms with E-state index in [-0.39, 0.29) is 30.9 Å². The van der Waals surface area contributed by atoms with Crippen molar-refractivity contribution in [3.8, 4) is 11.1 Å². The molecule has 0 radical (unpaired) electrons. The number of carbonyl (C=O) groups excluding carboxylic acids is 2. The van der Waals surface area contributed by atoms with Crippen molar-refractivity contribution < 1.29 is 24.2 Å². The highest BCUT2D eigenvalue weighted by molar-refractivity contribution is 5.83. The van der Waals surface area contributed by atoms with Crippen LogP contribution in [0.2, 0.25) is 0 Å². The van der Waals surface area contributed by atoms with Crippen molar-refractivity contribution in [2.45, 2.75) is 44.7 Å². The van der Waals surface area contributed by atoms with Gasteiger partial charge in [0, 0.05) is 18.4 Å². The fourth-order valence-corrected chi connectivity index (χ4v) is 3.64. The minimum Gasteiger partial charge on any atom is -0.480 e. The van der Waals surface area contributed by atoms with E-state index < -0.39 is 18.1 Å². The smallest absolute Gasteiger partial charge is 0.407 e. The van der Waals surface area contributed by atoms with Crippen molar-refractivity contribution in [3.63, 3.8) is 0 Å². The van der Waals surface area contributed by atoms with Gasteiger partial charge in [-0.1, -0.05) is 48.5 Å².